The first-order chi connectivity index (χ1) is 8.06. The topological polar surface area (TPSA) is 45.6 Å². The minimum Gasteiger partial charge on any atom is -0.301 e. The Morgan fingerprint density at radius 3 is 3.06 bits per heavy atom. The van der Waals surface area contributed by atoms with E-state index in [4.69, 9.17) is 0 Å². The average molecular weight is 275 g/mol. The Labute approximate surface area is 108 Å². The number of carbonyl (C=O) groups excluding carboxylic acids is 1. The summed E-state index contributed by atoms with van der Waals surface area (Å²) in [5, 5.41) is 3.79. The van der Waals surface area contributed by atoms with Gasteiger partial charge in [0.25, 0.3) is 0 Å². The zero-order chi connectivity index (χ0) is 12.8. The maximum Gasteiger partial charge on any atom is 0.144 e. The number of aromatic nitrogens is 1. The molecule has 0 bridgehead atoms. The maximum atomic E-state index is 12.7. The van der Waals surface area contributed by atoms with Crippen molar-refractivity contribution in [1.29, 1.82) is 0 Å². The van der Waals surface area contributed by atoms with E-state index in [9.17, 15) is 9.28 Å². The number of halogens is 1. The van der Waals surface area contributed by atoms with Crippen LogP contribution in [-0.4, -0.2) is 40.8 Å². The SMILES string of the molecule is CSC(=NC(C)C=O)c1csc(CN(C)F)n1. The van der Waals surface area contributed by atoms with Crippen molar-refractivity contribution in [2.45, 2.75) is 19.5 Å². The van der Waals surface area contributed by atoms with Gasteiger partial charge in [-0.2, -0.15) is 0 Å². The van der Waals surface area contributed by atoms with Gasteiger partial charge in [-0.25, -0.2) is 4.98 Å². The number of rotatable bonds is 5. The van der Waals surface area contributed by atoms with Crippen molar-refractivity contribution in [3.8, 4) is 0 Å². The normalized spacial score (nSPS) is 14.1. The van der Waals surface area contributed by atoms with Crippen molar-refractivity contribution in [2.24, 2.45) is 4.99 Å². The molecule has 1 rings (SSSR count). The largest absolute Gasteiger partial charge is 0.301 e. The molecule has 0 spiro atoms. The van der Waals surface area contributed by atoms with Crippen molar-refractivity contribution in [1.82, 2.24) is 10.1 Å². The Morgan fingerprint density at radius 2 is 2.53 bits per heavy atom. The Bertz CT molecular complexity index is 406. The molecule has 1 heterocycles. The smallest absolute Gasteiger partial charge is 0.144 e. The molecule has 0 aliphatic heterocycles. The highest BCUT2D eigenvalue weighted by Gasteiger charge is 2.10. The van der Waals surface area contributed by atoms with Crippen LogP contribution >= 0.6 is 23.1 Å². The number of thiazole rings is 1. The fraction of sp³-hybridized carbons (Fsp3) is 0.500. The first-order valence-corrected chi connectivity index (χ1v) is 7.06. The number of hydrogen-bond donors (Lipinski definition) is 0. The molecule has 0 aromatic carbocycles. The molecule has 1 aromatic rings. The third-order valence-electron chi connectivity index (χ3n) is 1.84. The van der Waals surface area contributed by atoms with Gasteiger partial charge >= 0.3 is 0 Å². The van der Waals surface area contributed by atoms with Gasteiger partial charge < -0.3 is 4.79 Å². The molecule has 1 atom stereocenters. The monoisotopic (exact) mass is 275 g/mol. The Balaban J connectivity index is 2.86. The lowest BCUT2D eigenvalue weighted by Gasteiger charge is -2.02. The summed E-state index contributed by atoms with van der Waals surface area (Å²) in [6.45, 7) is 1.88. The van der Waals surface area contributed by atoms with Crippen LogP contribution in [0.1, 0.15) is 17.6 Å². The van der Waals surface area contributed by atoms with E-state index in [1.807, 2.05) is 11.6 Å². The highest BCUT2D eigenvalue weighted by atomic mass is 32.2. The Hall–Kier alpha value is -0.790. The van der Waals surface area contributed by atoms with E-state index in [2.05, 4.69) is 9.98 Å². The zero-order valence-electron chi connectivity index (χ0n) is 9.88. The Morgan fingerprint density at radius 1 is 1.82 bits per heavy atom. The third-order valence-corrected chi connectivity index (χ3v) is 3.37. The van der Waals surface area contributed by atoms with Crippen molar-refractivity contribution in [3.63, 3.8) is 0 Å². The maximum absolute atomic E-state index is 12.7. The standard InChI is InChI=1S/C10H14FN3OS2/c1-7(5-15)12-10(16-3)8-6-17-9(13-8)4-14(2)11/h5-7H,4H2,1-3H3. The molecule has 0 radical (unpaired) electrons. The van der Waals surface area contributed by atoms with Crippen LogP contribution in [0.15, 0.2) is 10.4 Å². The highest BCUT2D eigenvalue weighted by molar-refractivity contribution is 8.13. The second-order valence-electron chi connectivity index (χ2n) is 3.40. The number of aliphatic imine (C=N–C) groups is 1. The summed E-state index contributed by atoms with van der Waals surface area (Å²) in [6, 6.07) is -0.383. The molecule has 0 aliphatic rings. The molecule has 1 aromatic heterocycles. The fourth-order valence-electron chi connectivity index (χ4n) is 1.11. The predicted molar refractivity (Wildman–Crippen MR) is 70.3 cm³/mol. The molecular weight excluding hydrogens is 261 g/mol. The lowest BCUT2D eigenvalue weighted by Crippen LogP contribution is -2.07. The van der Waals surface area contributed by atoms with E-state index >= 15 is 0 Å². The molecule has 0 amide bonds. The Kier molecular flexibility index (Phi) is 5.73. The summed E-state index contributed by atoms with van der Waals surface area (Å²) in [5.74, 6) is 0. The number of carbonyl (C=O) groups is 1. The molecule has 7 heteroatoms. The number of hydrogen-bond acceptors (Lipinski definition) is 6. The molecule has 0 N–H and O–H groups in total. The van der Waals surface area contributed by atoms with Crippen LogP contribution in [0, 0.1) is 0 Å². The van der Waals surface area contributed by atoms with Crippen molar-refractivity contribution < 1.29 is 9.28 Å². The second kappa shape index (κ2) is 6.83. The molecule has 4 nitrogen and oxygen atoms in total. The summed E-state index contributed by atoms with van der Waals surface area (Å²) in [7, 11) is 1.35. The first kappa shape index (κ1) is 14.3. The highest BCUT2D eigenvalue weighted by Crippen LogP contribution is 2.17. The molecule has 0 fully saturated rings. The second-order valence-corrected chi connectivity index (χ2v) is 5.14. The summed E-state index contributed by atoms with van der Waals surface area (Å²) >= 11 is 2.81. The average Bonchev–Trinajstić information content (AvgIpc) is 2.72. The molecule has 0 saturated heterocycles. The van der Waals surface area contributed by atoms with Crippen molar-refractivity contribution in [3.05, 3.63) is 16.1 Å². The van der Waals surface area contributed by atoms with Gasteiger partial charge in [0.15, 0.2) is 0 Å². The van der Waals surface area contributed by atoms with E-state index in [0.29, 0.717) is 20.9 Å². The van der Waals surface area contributed by atoms with E-state index in [0.717, 1.165) is 6.29 Å². The first-order valence-electron chi connectivity index (χ1n) is 4.95. The molecule has 94 valence electrons. The van der Waals surface area contributed by atoms with Crippen LogP contribution in [0.25, 0.3) is 0 Å². The van der Waals surface area contributed by atoms with Crippen LogP contribution < -0.4 is 0 Å². The van der Waals surface area contributed by atoms with Gasteiger partial charge in [0, 0.05) is 12.4 Å². The molecule has 0 aliphatic carbocycles. The van der Waals surface area contributed by atoms with Gasteiger partial charge in [-0.15, -0.1) is 32.7 Å². The number of thioether (sulfide) groups is 1. The summed E-state index contributed by atoms with van der Waals surface area (Å²) in [6.07, 6.45) is 2.65. The van der Waals surface area contributed by atoms with Gasteiger partial charge in [-0.3, -0.25) is 4.99 Å². The summed E-state index contributed by atoms with van der Waals surface area (Å²) < 4.78 is 12.7. The quantitative estimate of drug-likeness (QED) is 0.357. The minimum absolute atomic E-state index is 0.162. The zero-order valence-corrected chi connectivity index (χ0v) is 11.5. The molecule has 1 unspecified atom stereocenters. The van der Waals surface area contributed by atoms with E-state index in [1.54, 1.807) is 6.92 Å². The van der Waals surface area contributed by atoms with Crippen LogP contribution in [0.4, 0.5) is 4.48 Å². The fourth-order valence-corrected chi connectivity index (χ4v) is 2.58. The van der Waals surface area contributed by atoms with E-state index in [-0.39, 0.29) is 12.6 Å². The predicted octanol–water partition coefficient (Wildman–Crippen LogP) is 2.16. The van der Waals surface area contributed by atoms with Crippen LogP contribution in [0.2, 0.25) is 0 Å². The van der Waals surface area contributed by atoms with Gasteiger partial charge in [0.1, 0.15) is 28.1 Å². The lowest BCUT2D eigenvalue weighted by molar-refractivity contribution is -0.108. The van der Waals surface area contributed by atoms with Crippen molar-refractivity contribution in [2.75, 3.05) is 13.3 Å². The molecule has 0 saturated carbocycles. The third kappa shape index (κ3) is 4.53. The van der Waals surface area contributed by atoms with E-state index < -0.39 is 0 Å². The lowest BCUT2D eigenvalue weighted by atomic mass is 10.4. The number of nitrogens with zero attached hydrogens (tertiary/aromatic N) is 3. The molecule has 17 heavy (non-hydrogen) atoms. The summed E-state index contributed by atoms with van der Waals surface area (Å²) in [4.78, 5) is 19.1. The van der Waals surface area contributed by atoms with Crippen LogP contribution in [-0.2, 0) is 11.3 Å². The van der Waals surface area contributed by atoms with Crippen molar-refractivity contribution >= 4 is 34.4 Å². The van der Waals surface area contributed by atoms with Gasteiger partial charge in [0.05, 0.1) is 6.54 Å². The van der Waals surface area contributed by atoms with Crippen LogP contribution in [0.5, 0.6) is 0 Å². The van der Waals surface area contributed by atoms with Gasteiger partial charge in [-0.05, 0) is 13.2 Å². The van der Waals surface area contributed by atoms with Gasteiger partial charge in [0.2, 0.25) is 0 Å². The summed E-state index contributed by atoms with van der Waals surface area (Å²) in [5.41, 5.74) is 0.702. The van der Waals surface area contributed by atoms with Crippen LogP contribution in [0.3, 0.4) is 0 Å². The van der Waals surface area contributed by atoms with E-state index in [1.165, 1.54) is 30.1 Å². The molecular formula is C10H14FN3OS2. The van der Waals surface area contributed by atoms with Gasteiger partial charge in [-0.1, -0.05) is 0 Å². The number of aldehydes is 1. The minimum atomic E-state index is -0.383.